The molecule has 0 heterocycles. The van der Waals surface area contributed by atoms with Gasteiger partial charge in [-0.2, -0.15) is 0 Å². The number of rotatable bonds is 4. The molecule has 1 N–H and O–H groups in total. The monoisotopic (exact) mass is 470 g/mol. The van der Waals surface area contributed by atoms with Gasteiger partial charge in [0.1, 0.15) is 5.92 Å². The molecule has 0 radical (unpaired) electrons. The van der Waals surface area contributed by atoms with Crippen molar-refractivity contribution in [1.29, 1.82) is 0 Å². The molecule has 2 rings (SSSR count). The molecule has 4 atom stereocenters. The fourth-order valence-corrected chi connectivity index (χ4v) is 7.03. The first-order valence-corrected chi connectivity index (χ1v) is 8.33. The van der Waals surface area contributed by atoms with E-state index in [1.165, 1.54) is 14.2 Å². The number of alkyl halides is 3. The lowest BCUT2D eigenvalue weighted by Crippen LogP contribution is -2.62. The first-order valence-electron chi connectivity index (χ1n) is 6.03. The Morgan fingerprint density at radius 2 is 1.61 bits per heavy atom. The van der Waals surface area contributed by atoms with Gasteiger partial charge in [0.05, 0.1) is 17.2 Å². The van der Waals surface area contributed by atoms with Crippen LogP contribution >= 0.6 is 62.3 Å². The second-order valence-electron chi connectivity index (χ2n) is 5.00. The van der Waals surface area contributed by atoms with Crippen LogP contribution in [0.1, 0.15) is 0 Å². The molecule has 0 unspecified atom stereocenters. The van der Waals surface area contributed by atoms with Gasteiger partial charge in [0.25, 0.3) is 0 Å². The normalized spacial score (nSPS) is 41.3. The number of fused-ring (bicyclic) bond motifs is 2. The number of hydrogen-bond donors (Lipinski definition) is 1. The number of ether oxygens (including phenoxy) is 3. The van der Waals surface area contributed by atoms with E-state index in [9.17, 15) is 14.7 Å². The smallest absolute Gasteiger partial charge is 0.326 e. The van der Waals surface area contributed by atoms with E-state index in [1.54, 1.807) is 0 Å². The highest BCUT2D eigenvalue weighted by atomic mass is 79.9. The van der Waals surface area contributed by atoms with E-state index in [0.29, 0.717) is 0 Å². The summed E-state index contributed by atoms with van der Waals surface area (Å²) >= 11 is 28.7. The Labute approximate surface area is 160 Å². The fraction of sp³-hybridized carbons (Fsp3) is 0.667. The molecular formula is C12H11BrCl4O6. The molecule has 0 saturated heterocycles. The Morgan fingerprint density at radius 3 is 1.96 bits per heavy atom. The minimum atomic E-state index is -2.09. The highest BCUT2D eigenvalue weighted by Gasteiger charge is 2.93. The number of carbonyl (C=O) groups excluding carboxylic acids is 1. The standard InChI is InChI=1S/C12H11BrCl4O6/c1-21-8(20)9(13)4(7(18)19)10(16)5(14)6(15)11(9,17)12(10,22-2)23-3/h4H,1-3H3,(H,18,19)/t4-,9+,10-,11-/m0/s1. The highest BCUT2D eigenvalue weighted by molar-refractivity contribution is 9.10. The van der Waals surface area contributed by atoms with Gasteiger partial charge in [0.15, 0.2) is 14.1 Å². The molecule has 0 aromatic rings. The second-order valence-corrected chi connectivity index (χ2v) is 8.17. The van der Waals surface area contributed by atoms with Gasteiger partial charge in [-0.25, -0.2) is 0 Å². The number of aliphatic carboxylic acids is 1. The van der Waals surface area contributed by atoms with Crippen LogP contribution < -0.4 is 0 Å². The summed E-state index contributed by atoms with van der Waals surface area (Å²) < 4.78 is 13.3. The Balaban J connectivity index is 2.99. The number of carboxylic acid groups (broad SMARTS) is 1. The van der Waals surface area contributed by atoms with E-state index >= 15 is 0 Å². The zero-order chi connectivity index (χ0) is 18.0. The van der Waals surface area contributed by atoms with Crippen LogP contribution in [0.3, 0.4) is 0 Å². The third-order valence-electron chi connectivity index (χ3n) is 4.35. The minimum absolute atomic E-state index is 0.265. The lowest BCUT2D eigenvalue weighted by atomic mass is 9.81. The maximum atomic E-state index is 12.4. The topological polar surface area (TPSA) is 82.1 Å². The summed E-state index contributed by atoms with van der Waals surface area (Å²) in [6, 6.07) is 0. The summed E-state index contributed by atoms with van der Waals surface area (Å²) in [6.07, 6.45) is 0. The van der Waals surface area contributed by atoms with Crippen LogP contribution in [-0.4, -0.2) is 58.2 Å². The average Bonchev–Trinajstić information content (AvgIpc) is 2.73. The predicted molar refractivity (Wildman–Crippen MR) is 87.4 cm³/mol. The molecule has 1 saturated carbocycles. The molecule has 0 spiro atoms. The molecule has 2 aliphatic carbocycles. The van der Waals surface area contributed by atoms with E-state index in [1.807, 2.05) is 0 Å². The van der Waals surface area contributed by atoms with Crippen molar-refractivity contribution in [2.24, 2.45) is 5.92 Å². The van der Waals surface area contributed by atoms with Crippen molar-refractivity contribution in [2.75, 3.05) is 21.3 Å². The third-order valence-corrected chi connectivity index (χ3v) is 8.59. The van der Waals surface area contributed by atoms with Crippen molar-refractivity contribution in [2.45, 2.75) is 19.9 Å². The lowest BCUT2D eigenvalue weighted by molar-refractivity contribution is -0.220. The summed E-state index contributed by atoms with van der Waals surface area (Å²) in [5, 5.41) is 9.17. The molecule has 0 aliphatic heterocycles. The fourth-order valence-electron chi connectivity index (χ4n) is 3.45. The Kier molecular flexibility index (Phi) is 4.78. The van der Waals surface area contributed by atoms with Crippen LogP contribution in [0.4, 0.5) is 0 Å². The van der Waals surface area contributed by atoms with Gasteiger partial charge in [-0.1, -0.05) is 39.1 Å². The van der Waals surface area contributed by atoms with Crippen molar-refractivity contribution < 1.29 is 28.9 Å². The summed E-state index contributed by atoms with van der Waals surface area (Å²) in [7, 11) is 3.44. The van der Waals surface area contributed by atoms with E-state index in [2.05, 4.69) is 15.9 Å². The van der Waals surface area contributed by atoms with Crippen LogP contribution in [0.5, 0.6) is 0 Å². The molecular weight excluding hydrogens is 462 g/mol. The quantitative estimate of drug-likeness (QED) is 0.385. The molecule has 1 fully saturated rings. The van der Waals surface area contributed by atoms with Crippen LogP contribution in [0.2, 0.25) is 0 Å². The third kappa shape index (κ3) is 1.70. The van der Waals surface area contributed by atoms with Crippen LogP contribution in [-0.2, 0) is 23.8 Å². The van der Waals surface area contributed by atoms with Crippen molar-refractivity contribution in [1.82, 2.24) is 0 Å². The van der Waals surface area contributed by atoms with Crippen molar-refractivity contribution in [3.8, 4) is 0 Å². The summed E-state index contributed by atoms with van der Waals surface area (Å²) in [4.78, 5) is 20.2. The average molecular weight is 473 g/mol. The number of esters is 1. The number of methoxy groups -OCH3 is 3. The van der Waals surface area contributed by atoms with Crippen molar-refractivity contribution >= 4 is 74.3 Å². The van der Waals surface area contributed by atoms with Gasteiger partial charge in [-0.15, -0.1) is 23.2 Å². The first-order chi connectivity index (χ1) is 10.5. The summed E-state index contributed by atoms with van der Waals surface area (Å²) in [6.45, 7) is 0. The number of halogens is 5. The zero-order valence-corrected chi connectivity index (χ0v) is 16.6. The Bertz CT molecular complexity index is 623. The maximum absolute atomic E-state index is 12.4. The second kappa shape index (κ2) is 5.62. The SMILES string of the molecule is COC(=O)[C@]1(Br)[C@H](C(=O)O)[C@]2(Cl)C(Cl)=C(Cl)[C@@]1(Cl)C2(OC)OC. The molecule has 23 heavy (non-hydrogen) atoms. The number of hydrogen-bond acceptors (Lipinski definition) is 5. The Morgan fingerprint density at radius 1 is 1.13 bits per heavy atom. The van der Waals surface area contributed by atoms with E-state index < -0.39 is 37.7 Å². The van der Waals surface area contributed by atoms with E-state index in [-0.39, 0.29) is 10.1 Å². The largest absolute Gasteiger partial charge is 0.481 e. The lowest BCUT2D eigenvalue weighted by Gasteiger charge is -2.42. The van der Waals surface area contributed by atoms with Gasteiger partial charge in [-0.05, 0) is 0 Å². The molecule has 0 aromatic heterocycles. The molecule has 6 nitrogen and oxygen atoms in total. The molecule has 130 valence electrons. The van der Waals surface area contributed by atoms with Gasteiger partial charge in [0, 0.05) is 14.2 Å². The van der Waals surface area contributed by atoms with Crippen LogP contribution in [0, 0.1) is 5.92 Å². The highest BCUT2D eigenvalue weighted by Crippen LogP contribution is 2.77. The van der Waals surface area contributed by atoms with Gasteiger partial charge >= 0.3 is 11.9 Å². The predicted octanol–water partition coefficient (Wildman–Crippen LogP) is 2.65. The molecule has 2 aliphatic rings. The molecule has 0 amide bonds. The van der Waals surface area contributed by atoms with Gasteiger partial charge in [0.2, 0.25) is 5.79 Å². The summed E-state index contributed by atoms with van der Waals surface area (Å²) in [5.74, 6) is -6.22. The molecule has 2 bridgehead atoms. The van der Waals surface area contributed by atoms with E-state index in [4.69, 9.17) is 60.6 Å². The van der Waals surface area contributed by atoms with Crippen LogP contribution in [0.25, 0.3) is 0 Å². The summed E-state index contributed by atoms with van der Waals surface area (Å²) in [5.41, 5.74) is 0. The van der Waals surface area contributed by atoms with E-state index in [0.717, 1.165) is 7.11 Å². The van der Waals surface area contributed by atoms with Gasteiger partial charge < -0.3 is 19.3 Å². The number of carbonyl (C=O) groups is 2. The number of carboxylic acids is 1. The minimum Gasteiger partial charge on any atom is -0.481 e. The first kappa shape index (κ1) is 19.6. The Hall–Kier alpha value is 0.240. The molecule has 11 heteroatoms. The van der Waals surface area contributed by atoms with Gasteiger partial charge in [-0.3, -0.25) is 9.59 Å². The van der Waals surface area contributed by atoms with Crippen molar-refractivity contribution in [3.05, 3.63) is 10.1 Å². The molecule has 0 aromatic carbocycles. The zero-order valence-electron chi connectivity index (χ0n) is 12.0. The van der Waals surface area contributed by atoms with Crippen LogP contribution in [0.15, 0.2) is 10.1 Å². The maximum Gasteiger partial charge on any atom is 0.326 e. The van der Waals surface area contributed by atoms with Crippen molar-refractivity contribution in [3.63, 3.8) is 0 Å².